The Hall–Kier alpha value is -1.22. The van der Waals surface area contributed by atoms with E-state index >= 15 is 0 Å². The minimum Gasteiger partial charge on any atom is -0.355 e. The van der Waals surface area contributed by atoms with Crippen molar-refractivity contribution in [2.45, 2.75) is 44.1 Å². The lowest BCUT2D eigenvalue weighted by Crippen LogP contribution is -2.41. The van der Waals surface area contributed by atoms with E-state index in [4.69, 9.17) is 0 Å². The maximum absolute atomic E-state index is 3.66. The van der Waals surface area contributed by atoms with Gasteiger partial charge < -0.3 is 10.2 Å². The maximum atomic E-state index is 3.66. The SMILES string of the molecule is C1=CC2=C(CC1)NC1NC3C=CCCC3N21. The highest BCUT2D eigenvalue weighted by atomic mass is 15.5. The van der Waals surface area contributed by atoms with E-state index in [1.54, 1.807) is 0 Å². The number of allylic oxidation sites excluding steroid dienone is 4. The highest BCUT2D eigenvalue weighted by Gasteiger charge is 2.45. The molecule has 84 valence electrons. The van der Waals surface area contributed by atoms with E-state index in [1.807, 2.05) is 0 Å². The molecule has 2 heterocycles. The summed E-state index contributed by atoms with van der Waals surface area (Å²) in [4.78, 5) is 2.55. The minimum absolute atomic E-state index is 0.338. The zero-order chi connectivity index (χ0) is 10.5. The summed E-state index contributed by atoms with van der Waals surface area (Å²) in [5.41, 5.74) is 2.87. The van der Waals surface area contributed by atoms with Crippen molar-refractivity contribution in [3.05, 3.63) is 35.7 Å². The second-order valence-corrected chi connectivity index (χ2v) is 5.02. The van der Waals surface area contributed by atoms with E-state index < -0.39 is 0 Å². The third-order valence-electron chi connectivity index (χ3n) is 4.11. The first-order valence-electron chi connectivity index (χ1n) is 6.31. The van der Waals surface area contributed by atoms with Crippen LogP contribution in [0.15, 0.2) is 35.7 Å². The molecule has 0 aromatic heterocycles. The molecule has 3 heteroatoms. The van der Waals surface area contributed by atoms with Crippen LogP contribution >= 0.6 is 0 Å². The van der Waals surface area contributed by atoms with Gasteiger partial charge in [0, 0.05) is 11.7 Å². The summed E-state index contributed by atoms with van der Waals surface area (Å²) in [6, 6.07) is 1.19. The molecule has 2 aliphatic heterocycles. The average Bonchev–Trinajstić information content (AvgIpc) is 2.83. The van der Waals surface area contributed by atoms with E-state index in [0.717, 1.165) is 0 Å². The standard InChI is InChI=1S/C13H17N3/c1-3-7-11-9(5-1)14-13-15-10-6-2-4-8-12(10)16(11)13/h1,4-5,8-9,11,13-15H,2-3,6-7H2. The van der Waals surface area contributed by atoms with Crippen molar-refractivity contribution < 1.29 is 0 Å². The molecular formula is C13H17N3. The first kappa shape index (κ1) is 8.88. The van der Waals surface area contributed by atoms with E-state index in [9.17, 15) is 0 Å². The summed E-state index contributed by atoms with van der Waals surface area (Å²) in [5.74, 6) is 0. The molecule has 0 amide bonds. The molecule has 2 N–H and O–H groups in total. The van der Waals surface area contributed by atoms with Gasteiger partial charge in [-0.1, -0.05) is 18.2 Å². The van der Waals surface area contributed by atoms with Crippen molar-refractivity contribution in [3.8, 4) is 0 Å². The molecule has 3 nitrogen and oxygen atoms in total. The fraction of sp³-hybridized carbons (Fsp3) is 0.538. The second-order valence-electron chi connectivity index (χ2n) is 5.02. The van der Waals surface area contributed by atoms with Crippen LogP contribution in [0.5, 0.6) is 0 Å². The van der Waals surface area contributed by atoms with Gasteiger partial charge in [-0.25, -0.2) is 0 Å². The van der Waals surface area contributed by atoms with Crippen molar-refractivity contribution in [1.82, 2.24) is 15.5 Å². The van der Waals surface area contributed by atoms with Gasteiger partial charge in [0.1, 0.15) is 0 Å². The molecule has 0 saturated carbocycles. The monoisotopic (exact) mass is 215 g/mol. The number of fused-ring (bicyclic) bond motifs is 4. The van der Waals surface area contributed by atoms with Gasteiger partial charge in [0.2, 0.25) is 0 Å². The molecule has 1 fully saturated rings. The van der Waals surface area contributed by atoms with Crippen LogP contribution in [-0.2, 0) is 0 Å². The van der Waals surface area contributed by atoms with Crippen molar-refractivity contribution in [2.24, 2.45) is 0 Å². The first-order valence-corrected chi connectivity index (χ1v) is 6.31. The molecule has 16 heavy (non-hydrogen) atoms. The molecule has 0 spiro atoms. The summed E-state index contributed by atoms with van der Waals surface area (Å²) >= 11 is 0. The molecule has 2 aliphatic carbocycles. The molecule has 3 unspecified atom stereocenters. The van der Waals surface area contributed by atoms with Crippen LogP contribution in [0.3, 0.4) is 0 Å². The smallest absolute Gasteiger partial charge is 0.156 e. The topological polar surface area (TPSA) is 27.3 Å². The van der Waals surface area contributed by atoms with Gasteiger partial charge in [-0.15, -0.1) is 0 Å². The van der Waals surface area contributed by atoms with E-state index in [2.05, 4.69) is 39.8 Å². The Morgan fingerprint density at radius 3 is 3.25 bits per heavy atom. The zero-order valence-electron chi connectivity index (χ0n) is 9.32. The Balaban J connectivity index is 1.71. The number of rotatable bonds is 0. The normalized spacial score (nSPS) is 39.5. The predicted octanol–water partition coefficient (Wildman–Crippen LogP) is 1.43. The van der Waals surface area contributed by atoms with E-state index in [-0.39, 0.29) is 0 Å². The molecule has 0 bridgehead atoms. The van der Waals surface area contributed by atoms with Gasteiger partial charge in [0.05, 0.1) is 11.7 Å². The van der Waals surface area contributed by atoms with E-state index in [1.165, 1.54) is 37.1 Å². The van der Waals surface area contributed by atoms with Gasteiger partial charge in [0.25, 0.3) is 0 Å². The first-order chi connectivity index (χ1) is 7.93. The van der Waals surface area contributed by atoms with Crippen LogP contribution < -0.4 is 10.6 Å². The van der Waals surface area contributed by atoms with Gasteiger partial charge in [-0.3, -0.25) is 5.32 Å². The lowest BCUT2D eigenvalue weighted by molar-refractivity contribution is 0.248. The van der Waals surface area contributed by atoms with Crippen molar-refractivity contribution in [2.75, 3.05) is 0 Å². The Kier molecular flexibility index (Phi) is 1.74. The minimum atomic E-state index is 0.338. The van der Waals surface area contributed by atoms with Crippen molar-refractivity contribution in [3.63, 3.8) is 0 Å². The van der Waals surface area contributed by atoms with Crippen LogP contribution in [0.25, 0.3) is 0 Å². The van der Waals surface area contributed by atoms with Crippen molar-refractivity contribution >= 4 is 0 Å². The number of hydrogen-bond acceptors (Lipinski definition) is 3. The lowest BCUT2D eigenvalue weighted by atomic mass is 9.96. The molecular weight excluding hydrogens is 198 g/mol. The van der Waals surface area contributed by atoms with Gasteiger partial charge in [0.15, 0.2) is 6.29 Å². The third-order valence-corrected chi connectivity index (χ3v) is 4.11. The summed E-state index contributed by atoms with van der Waals surface area (Å²) in [7, 11) is 0. The number of nitrogens with zero attached hydrogens (tertiary/aromatic N) is 1. The van der Waals surface area contributed by atoms with Crippen LogP contribution in [0.4, 0.5) is 0 Å². The Morgan fingerprint density at radius 1 is 1.25 bits per heavy atom. The van der Waals surface area contributed by atoms with Crippen molar-refractivity contribution in [1.29, 1.82) is 0 Å². The largest absolute Gasteiger partial charge is 0.355 e. The lowest BCUT2D eigenvalue weighted by Gasteiger charge is -2.29. The fourth-order valence-electron chi connectivity index (χ4n) is 3.38. The Bertz CT molecular complexity index is 407. The average molecular weight is 215 g/mol. The molecule has 0 aromatic carbocycles. The summed E-state index contributed by atoms with van der Waals surface area (Å²) in [6.07, 6.45) is 14.4. The van der Waals surface area contributed by atoms with Gasteiger partial charge >= 0.3 is 0 Å². The summed E-state index contributed by atoms with van der Waals surface area (Å²) in [6.45, 7) is 0. The molecule has 4 rings (SSSR count). The number of hydrogen-bond donors (Lipinski definition) is 2. The van der Waals surface area contributed by atoms with Crippen LogP contribution in [0, 0.1) is 0 Å². The van der Waals surface area contributed by atoms with E-state index in [0.29, 0.717) is 18.4 Å². The van der Waals surface area contributed by atoms with Crippen LogP contribution in [0.1, 0.15) is 25.7 Å². The molecule has 0 radical (unpaired) electrons. The highest BCUT2D eigenvalue weighted by Crippen LogP contribution is 2.36. The predicted molar refractivity (Wildman–Crippen MR) is 63.2 cm³/mol. The second kappa shape index (κ2) is 3.14. The molecule has 3 atom stereocenters. The molecule has 1 saturated heterocycles. The van der Waals surface area contributed by atoms with Gasteiger partial charge in [-0.05, 0) is 31.8 Å². The van der Waals surface area contributed by atoms with Gasteiger partial charge in [-0.2, -0.15) is 0 Å². The maximum Gasteiger partial charge on any atom is 0.156 e. The van der Waals surface area contributed by atoms with Crippen LogP contribution in [0.2, 0.25) is 0 Å². The fourth-order valence-corrected chi connectivity index (χ4v) is 3.38. The molecule has 4 aliphatic rings. The third kappa shape index (κ3) is 1.07. The summed E-state index contributed by atoms with van der Waals surface area (Å²) < 4.78 is 0. The highest BCUT2D eigenvalue weighted by molar-refractivity contribution is 5.35. The molecule has 0 aromatic rings. The summed E-state index contributed by atoms with van der Waals surface area (Å²) in [5, 5.41) is 7.28. The Labute approximate surface area is 95.9 Å². The number of nitrogens with one attached hydrogen (secondary N) is 2. The van der Waals surface area contributed by atoms with Crippen LogP contribution in [-0.4, -0.2) is 23.3 Å². The quantitative estimate of drug-likeness (QED) is 0.599. The Morgan fingerprint density at radius 2 is 2.25 bits per heavy atom. The zero-order valence-corrected chi connectivity index (χ0v) is 9.32.